The zero-order valence-electron chi connectivity index (χ0n) is 16.3. The Morgan fingerprint density at radius 3 is 2.76 bits per heavy atom. The van der Waals surface area contributed by atoms with Gasteiger partial charge in [0.1, 0.15) is 26.9 Å². The average molecular weight is 420 g/mol. The minimum absolute atomic E-state index is 0. The maximum absolute atomic E-state index is 12.5. The second-order valence-corrected chi connectivity index (χ2v) is 9.37. The highest BCUT2D eigenvalue weighted by Crippen LogP contribution is 2.28. The van der Waals surface area contributed by atoms with Crippen LogP contribution < -0.4 is 10.2 Å². The molecule has 0 spiro atoms. The van der Waals surface area contributed by atoms with Crippen molar-refractivity contribution in [3.05, 3.63) is 30.1 Å². The summed E-state index contributed by atoms with van der Waals surface area (Å²) in [6.45, 7) is 3.04. The highest BCUT2D eigenvalue weighted by molar-refractivity contribution is 7.90. The molecule has 9 nitrogen and oxygen atoms in total. The van der Waals surface area contributed by atoms with Crippen molar-refractivity contribution in [2.45, 2.75) is 25.6 Å². The van der Waals surface area contributed by atoms with Gasteiger partial charge in [-0.1, -0.05) is 0 Å². The first-order chi connectivity index (χ1) is 13.8. The van der Waals surface area contributed by atoms with Crippen molar-refractivity contribution in [1.29, 1.82) is 5.26 Å². The lowest BCUT2D eigenvalue weighted by molar-refractivity contribution is -0.137. The van der Waals surface area contributed by atoms with Gasteiger partial charge in [0.25, 0.3) is 5.91 Å². The van der Waals surface area contributed by atoms with E-state index in [2.05, 4.69) is 21.4 Å². The Labute approximate surface area is 171 Å². The van der Waals surface area contributed by atoms with Gasteiger partial charge in [0, 0.05) is 33.2 Å². The van der Waals surface area contributed by atoms with Gasteiger partial charge in [-0.2, -0.15) is 5.26 Å². The Kier molecular flexibility index (Phi) is 6.30. The fourth-order valence-corrected chi connectivity index (χ4v) is 4.01. The third-order valence-electron chi connectivity index (χ3n) is 4.61. The van der Waals surface area contributed by atoms with Crippen LogP contribution in [0, 0.1) is 11.3 Å². The maximum Gasteiger partial charge on any atom is 0.251 e. The summed E-state index contributed by atoms with van der Waals surface area (Å²) >= 11 is 0. The van der Waals surface area contributed by atoms with Crippen molar-refractivity contribution < 1.29 is 19.4 Å². The maximum atomic E-state index is 12.5. The number of ether oxygens (including phenoxy) is 1. The second-order valence-electron chi connectivity index (χ2n) is 7.11. The third kappa shape index (κ3) is 5.19. The molecule has 0 bridgehead atoms. The number of sulfone groups is 1. The van der Waals surface area contributed by atoms with Crippen LogP contribution in [0.1, 0.15) is 20.3 Å². The average Bonchev–Trinajstić information content (AvgIpc) is 2.69. The number of nitriles is 1. The van der Waals surface area contributed by atoms with Crippen LogP contribution in [0.15, 0.2) is 24.5 Å². The summed E-state index contributed by atoms with van der Waals surface area (Å²) in [6, 6.07) is 5.64. The van der Waals surface area contributed by atoms with E-state index in [9.17, 15) is 18.5 Å². The number of rotatable bonds is 6. The molecule has 1 fully saturated rings. The standard InChI is InChI=1S/C19H23N5O4S.H2/c1-13-11-24(12-16(28-13)19(25)23-6-3-9-29(2,26)27)15-5-4-14(10-20)17-18(15)22-8-7-21-17;/h4-5,7-8,13,16H,3,6,9,11-12H2,1-2H3,(H,23,25);1H/t13-,16-;/m1./s1. The molecule has 1 aromatic heterocycles. The smallest absolute Gasteiger partial charge is 0.251 e. The monoisotopic (exact) mass is 419 g/mol. The summed E-state index contributed by atoms with van der Waals surface area (Å²) in [5.41, 5.74) is 2.36. The third-order valence-corrected chi connectivity index (χ3v) is 5.64. The van der Waals surface area contributed by atoms with Gasteiger partial charge in [0.15, 0.2) is 6.10 Å². The lowest BCUT2D eigenvalue weighted by Crippen LogP contribution is -2.53. The van der Waals surface area contributed by atoms with E-state index in [1.807, 2.05) is 17.9 Å². The summed E-state index contributed by atoms with van der Waals surface area (Å²) < 4.78 is 28.2. The molecule has 0 radical (unpaired) electrons. The van der Waals surface area contributed by atoms with Crippen LogP contribution in [0.25, 0.3) is 11.0 Å². The van der Waals surface area contributed by atoms with Gasteiger partial charge in [0.05, 0.1) is 29.7 Å². The van der Waals surface area contributed by atoms with Gasteiger partial charge in [0.2, 0.25) is 0 Å². The first-order valence-electron chi connectivity index (χ1n) is 9.28. The Morgan fingerprint density at radius 1 is 1.34 bits per heavy atom. The molecule has 1 aliphatic rings. The molecule has 0 unspecified atom stereocenters. The van der Waals surface area contributed by atoms with E-state index >= 15 is 0 Å². The molecule has 3 rings (SSSR count). The van der Waals surface area contributed by atoms with E-state index in [1.165, 1.54) is 6.26 Å². The highest BCUT2D eigenvalue weighted by atomic mass is 32.2. The van der Waals surface area contributed by atoms with E-state index in [0.717, 1.165) is 5.69 Å². The number of carbonyl (C=O) groups is 1. The quantitative estimate of drug-likeness (QED) is 0.685. The van der Waals surface area contributed by atoms with E-state index in [1.54, 1.807) is 18.5 Å². The summed E-state index contributed by atoms with van der Waals surface area (Å²) in [4.78, 5) is 23.2. The largest absolute Gasteiger partial charge is 0.364 e. The number of hydrogen-bond donors (Lipinski definition) is 1. The number of aromatic nitrogens is 2. The number of morpholine rings is 1. The van der Waals surface area contributed by atoms with Crippen molar-refractivity contribution in [1.82, 2.24) is 15.3 Å². The normalized spacial score (nSPS) is 19.7. The fraction of sp³-hybridized carbons (Fsp3) is 0.474. The van der Waals surface area contributed by atoms with Gasteiger partial charge >= 0.3 is 0 Å². The molecule has 2 heterocycles. The molecule has 1 saturated heterocycles. The van der Waals surface area contributed by atoms with E-state index in [4.69, 9.17) is 4.74 Å². The van der Waals surface area contributed by atoms with Crippen LogP contribution in [0.2, 0.25) is 0 Å². The van der Waals surface area contributed by atoms with E-state index < -0.39 is 15.9 Å². The van der Waals surface area contributed by atoms with Gasteiger partial charge in [-0.05, 0) is 25.5 Å². The first-order valence-corrected chi connectivity index (χ1v) is 11.3. The van der Waals surface area contributed by atoms with Crippen molar-refractivity contribution in [3.8, 4) is 6.07 Å². The molecule has 0 aliphatic carbocycles. The predicted molar refractivity (Wildman–Crippen MR) is 110 cm³/mol. The number of fused-ring (bicyclic) bond motifs is 1. The molecule has 2 aromatic rings. The minimum atomic E-state index is -3.05. The number of nitrogens with one attached hydrogen (secondary N) is 1. The summed E-state index contributed by atoms with van der Waals surface area (Å²) in [6.07, 6.45) is 3.75. The Bertz CT molecular complexity index is 1060. The van der Waals surface area contributed by atoms with E-state index in [-0.39, 0.29) is 25.7 Å². The van der Waals surface area contributed by atoms with Gasteiger partial charge in [-0.3, -0.25) is 14.8 Å². The number of amides is 1. The Balaban J connectivity index is 0.00000320. The lowest BCUT2D eigenvalue weighted by Gasteiger charge is -2.37. The number of nitrogens with zero attached hydrogens (tertiary/aromatic N) is 4. The number of anilines is 1. The van der Waals surface area contributed by atoms with Crippen LogP contribution in [0.5, 0.6) is 0 Å². The second kappa shape index (κ2) is 8.71. The molecule has 2 atom stereocenters. The summed E-state index contributed by atoms with van der Waals surface area (Å²) in [5, 5.41) is 12.1. The first kappa shape index (κ1) is 21.0. The van der Waals surface area contributed by atoms with Crippen LogP contribution in [-0.2, 0) is 19.4 Å². The Morgan fingerprint density at radius 2 is 2.07 bits per heavy atom. The molecule has 1 N–H and O–H groups in total. The van der Waals surface area contributed by atoms with Crippen molar-refractivity contribution in [3.63, 3.8) is 0 Å². The fourth-order valence-electron chi connectivity index (χ4n) is 3.34. The van der Waals surface area contributed by atoms with Gasteiger partial charge < -0.3 is 15.0 Å². The zero-order chi connectivity index (χ0) is 21.0. The zero-order valence-corrected chi connectivity index (χ0v) is 17.1. The molecular formula is C19H25N5O4S. The van der Waals surface area contributed by atoms with Crippen molar-refractivity contribution in [2.24, 2.45) is 0 Å². The van der Waals surface area contributed by atoms with E-state index in [0.29, 0.717) is 36.1 Å². The van der Waals surface area contributed by atoms with Crippen LogP contribution in [0.3, 0.4) is 0 Å². The van der Waals surface area contributed by atoms with Crippen LogP contribution in [-0.4, -0.2) is 68.1 Å². The molecule has 156 valence electrons. The predicted octanol–water partition coefficient (Wildman–Crippen LogP) is 0.892. The molecule has 1 amide bonds. The molecule has 10 heteroatoms. The van der Waals surface area contributed by atoms with Crippen molar-refractivity contribution >= 4 is 32.5 Å². The molecular weight excluding hydrogens is 394 g/mol. The highest BCUT2D eigenvalue weighted by Gasteiger charge is 2.31. The summed E-state index contributed by atoms with van der Waals surface area (Å²) in [7, 11) is -3.05. The summed E-state index contributed by atoms with van der Waals surface area (Å²) in [5.74, 6) is -0.254. The number of benzene rings is 1. The molecule has 0 saturated carbocycles. The molecule has 1 aliphatic heterocycles. The van der Waals surface area contributed by atoms with Crippen molar-refractivity contribution in [2.75, 3.05) is 36.5 Å². The SMILES string of the molecule is C[C@@H]1CN(c2ccc(C#N)c3nccnc23)C[C@H](C(=O)NCCCS(C)(=O)=O)O1.[HH]. The minimum Gasteiger partial charge on any atom is -0.364 e. The van der Waals surface area contributed by atoms with Crippen LogP contribution in [0.4, 0.5) is 5.69 Å². The van der Waals surface area contributed by atoms with Gasteiger partial charge in [-0.15, -0.1) is 0 Å². The number of hydrogen-bond acceptors (Lipinski definition) is 8. The van der Waals surface area contributed by atoms with Gasteiger partial charge in [-0.25, -0.2) is 8.42 Å². The Hall–Kier alpha value is -2.77. The topological polar surface area (TPSA) is 125 Å². The van der Waals surface area contributed by atoms with Crippen LogP contribution >= 0.6 is 0 Å². The molecule has 29 heavy (non-hydrogen) atoms. The lowest BCUT2D eigenvalue weighted by atomic mass is 10.1. The number of carbonyl (C=O) groups excluding carboxylic acids is 1. The molecule has 1 aromatic carbocycles.